The lowest BCUT2D eigenvalue weighted by Gasteiger charge is -2.32. The Morgan fingerprint density at radius 3 is 2.40 bits per heavy atom. The predicted molar refractivity (Wildman–Crippen MR) is 239 cm³/mol. The standard InChI is InChI=1S/C46H52F3N9O10/c1-55-35-23-50-37(22-34(35)57(27-6-3-4-7-27)25-46(48,49)45(55)65)52-32-21-30(47)29(20-36(32)66-2)41(61)51-26-12-14-56(15-13-26)16-17-67-18-19-68-24-39(60)53-31-9-5-8-28-40(31)44(64)58(43(28)63)33-10-11-38(59)54-42(33)62/h5,8-9,20-23,26-27,33H,3-4,6-7,10-19,24-25H2,1-2H3,(H,50,52)(H,51,61)(H,53,60)(H,54,59,62). The van der Waals surface area contributed by atoms with Crippen LogP contribution in [-0.4, -0.2) is 147 Å². The number of pyridine rings is 1. The summed E-state index contributed by atoms with van der Waals surface area (Å²) in [5, 5.41) is 10.7. The fourth-order valence-electron chi connectivity index (χ4n) is 9.34. The van der Waals surface area contributed by atoms with Crippen molar-refractivity contribution in [1.82, 2.24) is 25.4 Å². The van der Waals surface area contributed by atoms with Gasteiger partial charge in [-0.15, -0.1) is 0 Å². The molecule has 4 N–H and O–H groups in total. The Labute approximate surface area is 389 Å². The molecule has 68 heavy (non-hydrogen) atoms. The number of ether oxygens (including phenoxy) is 3. The average Bonchev–Trinajstić information content (AvgIpc) is 3.93. The summed E-state index contributed by atoms with van der Waals surface area (Å²) in [5.41, 5.74) is 0.662. The maximum absolute atomic E-state index is 15.6. The van der Waals surface area contributed by atoms with Crippen LogP contribution in [0.4, 0.5) is 41.7 Å². The molecule has 19 nitrogen and oxygen atoms in total. The molecule has 22 heteroatoms. The number of imide groups is 2. The first-order valence-electron chi connectivity index (χ1n) is 22.5. The topological polar surface area (TPSA) is 221 Å². The van der Waals surface area contributed by atoms with Gasteiger partial charge in [-0.2, -0.15) is 8.78 Å². The minimum Gasteiger partial charge on any atom is -0.495 e. The van der Waals surface area contributed by atoms with Crippen molar-refractivity contribution in [2.45, 2.75) is 75.4 Å². The van der Waals surface area contributed by atoms with Gasteiger partial charge in [0.25, 0.3) is 23.6 Å². The zero-order chi connectivity index (χ0) is 48.3. The number of carbonyl (C=O) groups is 7. The molecule has 0 spiro atoms. The van der Waals surface area contributed by atoms with Gasteiger partial charge >= 0.3 is 5.92 Å². The lowest BCUT2D eigenvalue weighted by molar-refractivity contribution is -0.140. The number of likely N-dealkylation sites (tertiary alicyclic amines) is 1. The van der Waals surface area contributed by atoms with Crippen molar-refractivity contribution < 1.29 is 60.9 Å². The number of carbonyl (C=O) groups excluding carboxylic acids is 7. The van der Waals surface area contributed by atoms with Crippen molar-refractivity contribution >= 4 is 69.9 Å². The summed E-state index contributed by atoms with van der Waals surface area (Å²) in [4.78, 5) is 98.9. The number of piperidine rings is 2. The van der Waals surface area contributed by atoms with Crippen molar-refractivity contribution in [2.75, 3.05) is 87.2 Å². The number of nitrogens with zero attached hydrogens (tertiary/aromatic N) is 5. The van der Waals surface area contributed by atoms with Gasteiger partial charge in [-0.3, -0.25) is 43.8 Å². The number of anilines is 5. The molecule has 5 heterocycles. The Kier molecular flexibility index (Phi) is 14.3. The van der Waals surface area contributed by atoms with Gasteiger partial charge in [0.15, 0.2) is 0 Å². The molecule has 4 aliphatic heterocycles. The number of rotatable bonds is 16. The van der Waals surface area contributed by atoms with Crippen LogP contribution in [0.3, 0.4) is 0 Å². The largest absolute Gasteiger partial charge is 0.495 e. The van der Waals surface area contributed by atoms with Crippen LogP contribution in [-0.2, 0) is 28.7 Å². The molecule has 7 amide bonds. The maximum atomic E-state index is 15.6. The van der Waals surface area contributed by atoms with E-state index in [1.54, 1.807) is 11.0 Å². The highest BCUT2D eigenvalue weighted by molar-refractivity contribution is 6.26. The summed E-state index contributed by atoms with van der Waals surface area (Å²) >= 11 is 0. The SMILES string of the molecule is COc1cc(C(=O)NC2CCN(CCOCCOCC(=O)Nc3cccc4c3C(=O)N(C3CCC(=O)NC3=O)C4=O)CC2)c(F)cc1Nc1cc2c(cn1)N(C)C(=O)C(F)(F)CN2C1CCCC1. The van der Waals surface area contributed by atoms with E-state index in [0.29, 0.717) is 57.6 Å². The highest BCUT2D eigenvalue weighted by atomic mass is 19.3. The summed E-state index contributed by atoms with van der Waals surface area (Å²) in [5.74, 6) is -9.22. The molecule has 2 saturated heterocycles. The van der Waals surface area contributed by atoms with Crippen molar-refractivity contribution in [1.29, 1.82) is 0 Å². The monoisotopic (exact) mass is 947 g/mol. The molecule has 1 unspecified atom stereocenters. The molecule has 3 aromatic rings. The van der Waals surface area contributed by atoms with Gasteiger partial charge in [0, 0.05) is 57.3 Å². The average molecular weight is 948 g/mol. The van der Waals surface area contributed by atoms with Crippen molar-refractivity contribution in [3.8, 4) is 5.75 Å². The molecule has 8 rings (SSSR count). The van der Waals surface area contributed by atoms with Gasteiger partial charge in [-0.05, 0) is 50.3 Å². The van der Waals surface area contributed by atoms with Gasteiger partial charge in [0.1, 0.15) is 30.0 Å². The molecule has 0 radical (unpaired) electrons. The van der Waals surface area contributed by atoms with Crippen LogP contribution in [0.15, 0.2) is 42.6 Å². The second-order valence-corrected chi connectivity index (χ2v) is 17.3. The Bertz CT molecular complexity index is 2500. The number of nitrogens with one attached hydrogen (secondary N) is 4. The molecule has 1 aromatic heterocycles. The number of aromatic nitrogens is 1. The lowest BCUT2D eigenvalue weighted by atomic mass is 10.0. The smallest absolute Gasteiger partial charge is 0.342 e. The van der Waals surface area contributed by atoms with E-state index in [9.17, 15) is 33.6 Å². The van der Waals surface area contributed by atoms with E-state index in [-0.39, 0.29) is 90.1 Å². The number of hydrogen-bond donors (Lipinski definition) is 4. The summed E-state index contributed by atoms with van der Waals surface area (Å²) in [6.07, 6.45) is 5.73. The molecule has 2 aromatic carbocycles. The molecule has 362 valence electrons. The molecule has 1 saturated carbocycles. The Balaban J connectivity index is 0.757. The molecule has 0 bridgehead atoms. The molecule has 3 fully saturated rings. The number of benzene rings is 2. The second kappa shape index (κ2) is 20.3. The normalized spacial score (nSPS) is 20.0. The number of fused-ring (bicyclic) bond motifs is 2. The molecular formula is C46H52F3N9O10. The van der Waals surface area contributed by atoms with Crippen molar-refractivity contribution in [3.63, 3.8) is 0 Å². The fraction of sp³-hybridized carbons (Fsp3) is 0.478. The summed E-state index contributed by atoms with van der Waals surface area (Å²) in [7, 11) is 2.66. The second-order valence-electron chi connectivity index (χ2n) is 17.3. The first-order valence-corrected chi connectivity index (χ1v) is 22.5. The summed E-state index contributed by atoms with van der Waals surface area (Å²) < 4.78 is 62.4. The van der Waals surface area contributed by atoms with Gasteiger partial charge in [0.05, 0.1) is 79.1 Å². The van der Waals surface area contributed by atoms with Crippen LogP contribution in [0.25, 0.3) is 0 Å². The third-order valence-electron chi connectivity index (χ3n) is 12.9. The minimum absolute atomic E-state index is 0.00571. The highest BCUT2D eigenvalue weighted by Gasteiger charge is 2.49. The van der Waals surface area contributed by atoms with E-state index >= 15 is 13.2 Å². The zero-order valence-electron chi connectivity index (χ0n) is 37.5. The van der Waals surface area contributed by atoms with Gasteiger partial charge in [-0.1, -0.05) is 18.9 Å². The van der Waals surface area contributed by atoms with Gasteiger partial charge in [0.2, 0.25) is 17.7 Å². The first-order chi connectivity index (χ1) is 32.6. The van der Waals surface area contributed by atoms with Crippen molar-refractivity contribution in [3.05, 3.63) is 65.1 Å². The fourth-order valence-corrected chi connectivity index (χ4v) is 9.34. The zero-order valence-corrected chi connectivity index (χ0v) is 37.5. The van der Waals surface area contributed by atoms with Crippen LogP contribution in [0.1, 0.15) is 82.4 Å². The van der Waals surface area contributed by atoms with E-state index < -0.39 is 65.7 Å². The third-order valence-corrected chi connectivity index (χ3v) is 12.9. The third kappa shape index (κ3) is 10.1. The summed E-state index contributed by atoms with van der Waals surface area (Å²) in [6, 6.07) is 6.83. The maximum Gasteiger partial charge on any atom is 0.342 e. The van der Waals surface area contributed by atoms with Gasteiger partial charge < -0.3 is 44.9 Å². The first kappa shape index (κ1) is 47.8. The van der Waals surface area contributed by atoms with Crippen LogP contribution in [0.2, 0.25) is 0 Å². The summed E-state index contributed by atoms with van der Waals surface area (Å²) in [6.45, 7) is 1.44. The number of hydrogen-bond acceptors (Lipinski definition) is 14. The van der Waals surface area contributed by atoms with E-state index in [2.05, 4.69) is 31.2 Å². The van der Waals surface area contributed by atoms with Crippen LogP contribution >= 0.6 is 0 Å². The Hall–Kier alpha value is -6.65. The number of alkyl halides is 2. The van der Waals surface area contributed by atoms with E-state index in [0.717, 1.165) is 28.7 Å². The van der Waals surface area contributed by atoms with E-state index in [1.807, 2.05) is 0 Å². The predicted octanol–water partition coefficient (Wildman–Crippen LogP) is 3.60. The number of methoxy groups -OCH3 is 1. The highest BCUT2D eigenvalue weighted by Crippen LogP contribution is 2.42. The number of amides is 7. The van der Waals surface area contributed by atoms with Gasteiger partial charge in [-0.25, -0.2) is 9.37 Å². The molecule has 5 aliphatic rings. The number of halogens is 3. The quantitative estimate of drug-likeness (QED) is 0.119. The van der Waals surface area contributed by atoms with Crippen LogP contribution in [0.5, 0.6) is 5.75 Å². The Morgan fingerprint density at radius 1 is 0.912 bits per heavy atom. The van der Waals surface area contributed by atoms with Crippen LogP contribution in [0, 0.1) is 5.82 Å². The van der Waals surface area contributed by atoms with E-state index in [4.69, 9.17) is 14.2 Å². The van der Waals surface area contributed by atoms with Crippen LogP contribution < -0.4 is 35.8 Å². The van der Waals surface area contributed by atoms with Crippen molar-refractivity contribution in [2.24, 2.45) is 0 Å². The molecule has 1 atom stereocenters. The lowest BCUT2D eigenvalue weighted by Crippen LogP contribution is -2.54. The Morgan fingerprint density at radius 2 is 1.66 bits per heavy atom. The molecular weight excluding hydrogens is 896 g/mol. The minimum atomic E-state index is -3.61. The molecule has 1 aliphatic carbocycles. The van der Waals surface area contributed by atoms with E-state index in [1.165, 1.54) is 44.6 Å².